The maximum Gasteiger partial charge on any atom is 0.141 e. The van der Waals surface area contributed by atoms with E-state index in [1.165, 1.54) is 12.8 Å². The largest absolute Gasteiger partial charge is 0.392 e. The number of aliphatic hydroxyl groups excluding tert-OH is 1. The van der Waals surface area contributed by atoms with E-state index in [0.717, 1.165) is 31.8 Å². The first-order valence-electron chi connectivity index (χ1n) is 6.08. The van der Waals surface area contributed by atoms with Gasteiger partial charge in [0.2, 0.25) is 0 Å². The summed E-state index contributed by atoms with van der Waals surface area (Å²) in [6.07, 6.45) is 5.66. The lowest BCUT2D eigenvalue weighted by Gasteiger charge is -2.35. The van der Waals surface area contributed by atoms with Gasteiger partial charge in [0.05, 0.1) is 12.1 Å². The number of β-amino-alcohol motifs (C(OH)–C–C–N with tert-alkyl or cyclic N) is 1. The average molecular weight is 224 g/mol. The van der Waals surface area contributed by atoms with Crippen molar-refractivity contribution in [1.29, 1.82) is 0 Å². The Morgan fingerprint density at radius 1 is 1.62 bits per heavy atom. The van der Waals surface area contributed by atoms with Gasteiger partial charge in [0.25, 0.3) is 0 Å². The third kappa shape index (κ3) is 2.59. The fourth-order valence-electron chi connectivity index (χ4n) is 2.29. The van der Waals surface area contributed by atoms with Gasteiger partial charge in [-0.1, -0.05) is 13.3 Å². The van der Waals surface area contributed by atoms with Gasteiger partial charge in [0.15, 0.2) is 0 Å². The van der Waals surface area contributed by atoms with Crippen LogP contribution in [0.2, 0.25) is 0 Å². The van der Waals surface area contributed by atoms with E-state index in [2.05, 4.69) is 20.1 Å². The van der Waals surface area contributed by atoms with Crippen LogP contribution in [0.15, 0.2) is 6.33 Å². The number of H-pyrrole nitrogens is 1. The second-order valence-corrected chi connectivity index (χ2v) is 4.44. The maximum absolute atomic E-state index is 9.74. The van der Waals surface area contributed by atoms with Crippen molar-refractivity contribution in [2.75, 3.05) is 13.1 Å². The highest BCUT2D eigenvalue weighted by Crippen LogP contribution is 2.28. The zero-order valence-corrected chi connectivity index (χ0v) is 9.76. The van der Waals surface area contributed by atoms with Gasteiger partial charge in [0, 0.05) is 6.54 Å². The molecule has 0 aliphatic carbocycles. The van der Waals surface area contributed by atoms with Gasteiger partial charge in [-0.15, -0.1) is 0 Å². The van der Waals surface area contributed by atoms with Crippen LogP contribution in [0.4, 0.5) is 0 Å². The molecule has 1 saturated heterocycles. The molecule has 2 unspecified atom stereocenters. The fourth-order valence-corrected chi connectivity index (χ4v) is 2.29. The monoisotopic (exact) mass is 224 g/mol. The van der Waals surface area contributed by atoms with Crippen molar-refractivity contribution in [3.05, 3.63) is 12.2 Å². The van der Waals surface area contributed by atoms with E-state index in [1.807, 2.05) is 6.92 Å². The summed E-state index contributed by atoms with van der Waals surface area (Å²) < 4.78 is 0. The Hall–Kier alpha value is -0.940. The lowest BCUT2D eigenvalue weighted by Crippen LogP contribution is -2.39. The smallest absolute Gasteiger partial charge is 0.141 e. The molecule has 1 aromatic rings. The molecule has 1 aliphatic heterocycles. The van der Waals surface area contributed by atoms with E-state index < -0.39 is 0 Å². The normalized spacial score (nSPS) is 24.5. The van der Waals surface area contributed by atoms with Gasteiger partial charge >= 0.3 is 0 Å². The second-order valence-electron chi connectivity index (χ2n) is 4.44. The summed E-state index contributed by atoms with van der Waals surface area (Å²) in [5.41, 5.74) is 0. The Kier molecular flexibility index (Phi) is 3.90. The van der Waals surface area contributed by atoms with Gasteiger partial charge in [0.1, 0.15) is 12.2 Å². The number of aromatic amines is 1. The Bertz CT molecular complexity index is 301. The molecule has 1 aliphatic rings. The molecule has 2 heterocycles. The maximum atomic E-state index is 9.74. The summed E-state index contributed by atoms with van der Waals surface area (Å²) >= 11 is 0. The van der Waals surface area contributed by atoms with Crippen molar-refractivity contribution in [3.8, 4) is 0 Å². The Balaban J connectivity index is 2.02. The zero-order valence-electron chi connectivity index (χ0n) is 9.76. The SMILES string of the molecule is CCC(O)CN1CCCCC1c1ncn[nH]1. The van der Waals surface area contributed by atoms with Crippen LogP contribution in [-0.2, 0) is 0 Å². The van der Waals surface area contributed by atoms with Gasteiger partial charge in [-0.2, -0.15) is 5.10 Å². The number of aliphatic hydroxyl groups is 1. The van der Waals surface area contributed by atoms with Crippen molar-refractivity contribution < 1.29 is 5.11 Å². The quantitative estimate of drug-likeness (QED) is 0.804. The molecule has 16 heavy (non-hydrogen) atoms. The number of nitrogens with zero attached hydrogens (tertiary/aromatic N) is 3. The number of aromatic nitrogens is 3. The Morgan fingerprint density at radius 2 is 2.50 bits per heavy atom. The van der Waals surface area contributed by atoms with Crippen LogP contribution in [0.3, 0.4) is 0 Å². The average Bonchev–Trinajstić information content (AvgIpc) is 2.83. The molecule has 90 valence electrons. The van der Waals surface area contributed by atoms with Crippen LogP contribution >= 0.6 is 0 Å². The van der Waals surface area contributed by atoms with Crippen LogP contribution < -0.4 is 0 Å². The molecule has 5 nitrogen and oxygen atoms in total. The summed E-state index contributed by atoms with van der Waals surface area (Å²) in [7, 11) is 0. The molecule has 2 atom stereocenters. The summed E-state index contributed by atoms with van der Waals surface area (Å²) in [5.74, 6) is 0.933. The topological polar surface area (TPSA) is 65.0 Å². The Labute approximate surface area is 95.9 Å². The molecule has 1 aromatic heterocycles. The molecule has 0 aromatic carbocycles. The number of piperidine rings is 1. The van der Waals surface area contributed by atoms with E-state index in [9.17, 15) is 5.11 Å². The minimum absolute atomic E-state index is 0.233. The highest BCUT2D eigenvalue weighted by Gasteiger charge is 2.27. The number of rotatable bonds is 4. The molecule has 0 spiro atoms. The molecule has 2 N–H and O–H groups in total. The van der Waals surface area contributed by atoms with Gasteiger partial charge < -0.3 is 5.11 Å². The molecule has 5 heteroatoms. The Morgan fingerprint density at radius 3 is 3.19 bits per heavy atom. The summed E-state index contributed by atoms with van der Waals surface area (Å²) in [4.78, 5) is 6.55. The van der Waals surface area contributed by atoms with Gasteiger partial charge in [-0.05, 0) is 25.8 Å². The minimum Gasteiger partial charge on any atom is -0.392 e. The second kappa shape index (κ2) is 5.41. The molecular formula is C11H20N4O. The summed E-state index contributed by atoms with van der Waals surface area (Å²) in [6, 6.07) is 0.303. The third-order valence-corrected chi connectivity index (χ3v) is 3.28. The van der Waals surface area contributed by atoms with Crippen LogP contribution in [0.25, 0.3) is 0 Å². The predicted octanol–water partition coefficient (Wildman–Crippen LogP) is 1.10. The predicted molar refractivity (Wildman–Crippen MR) is 60.8 cm³/mol. The van der Waals surface area contributed by atoms with Crippen LogP contribution in [0.1, 0.15) is 44.5 Å². The first-order chi connectivity index (χ1) is 7.81. The van der Waals surface area contributed by atoms with Crippen molar-refractivity contribution >= 4 is 0 Å². The molecule has 1 fully saturated rings. The number of hydrogen-bond acceptors (Lipinski definition) is 4. The van der Waals surface area contributed by atoms with Crippen molar-refractivity contribution in [1.82, 2.24) is 20.1 Å². The lowest BCUT2D eigenvalue weighted by atomic mass is 10.0. The minimum atomic E-state index is -0.233. The van der Waals surface area contributed by atoms with Crippen molar-refractivity contribution in [3.63, 3.8) is 0 Å². The highest BCUT2D eigenvalue weighted by molar-refractivity contribution is 4.95. The molecule has 2 rings (SSSR count). The van der Waals surface area contributed by atoms with Crippen LogP contribution in [0.5, 0.6) is 0 Å². The standard InChI is InChI=1S/C11H20N4O/c1-2-9(16)7-15-6-4-3-5-10(15)11-12-8-13-14-11/h8-10,16H,2-7H2,1H3,(H,12,13,14). The van der Waals surface area contributed by atoms with Crippen LogP contribution in [0, 0.1) is 0 Å². The van der Waals surface area contributed by atoms with E-state index >= 15 is 0 Å². The van der Waals surface area contributed by atoms with Crippen molar-refractivity contribution in [2.45, 2.75) is 44.8 Å². The van der Waals surface area contributed by atoms with Crippen LogP contribution in [-0.4, -0.2) is 44.4 Å². The van der Waals surface area contributed by atoms with Gasteiger partial charge in [-0.25, -0.2) is 4.98 Å². The molecule has 0 saturated carbocycles. The molecule has 0 radical (unpaired) electrons. The lowest BCUT2D eigenvalue weighted by molar-refractivity contribution is 0.0623. The molecule has 0 bridgehead atoms. The van der Waals surface area contributed by atoms with E-state index in [-0.39, 0.29) is 6.10 Å². The van der Waals surface area contributed by atoms with E-state index in [1.54, 1.807) is 6.33 Å². The van der Waals surface area contributed by atoms with Gasteiger partial charge in [-0.3, -0.25) is 10.00 Å². The zero-order chi connectivity index (χ0) is 11.4. The van der Waals surface area contributed by atoms with E-state index in [4.69, 9.17) is 0 Å². The number of likely N-dealkylation sites (tertiary alicyclic amines) is 1. The van der Waals surface area contributed by atoms with E-state index in [0.29, 0.717) is 6.04 Å². The molecule has 0 amide bonds. The highest BCUT2D eigenvalue weighted by atomic mass is 16.3. The first kappa shape index (κ1) is 11.5. The summed E-state index contributed by atoms with van der Waals surface area (Å²) in [6.45, 7) is 3.79. The number of hydrogen-bond donors (Lipinski definition) is 2. The fraction of sp³-hybridized carbons (Fsp3) is 0.818. The van der Waals surface area contributed by atoms with Crippen molar-refractivity contribution in [2.24, 2.45) is 0 Å². The molecular weight excluding hydrogens is 204 g/mol. The number of nitrogens with one attached hydrogen (secondary N) is 1. The third-order valence-electron chi connectivity index (χ3n) is 3.28. The summed E-state index contributed by atoms with van der Waals surface area (Å²) in [5, 5.41) is 16.6. The first-order valence-corrected chi connectivity index (χ1v) is 6.08.